The molecule has 1 aliphatic rings. The summed E-state index contributed by atoms with van der Waals surface area (Å²) in [5.74, 6) is -2.04. The molecule has 3 atom stereocenters. The molecule has 0 bridgehead atoms. The number of nitrogens with one attached hydrogen (secondary N) is 2. The molecule has 2 aromatic rings. The number of rotatable bonds is 9. The number of hydrogen-bond donors (Lipinski definition) is 3. The van der Waals surface area contributed by atoms with Crippen LogP contribution in [0.1, 0.15) is 51.2 Å². The van der Waals surface area contributed by atoms with Crippen molar-refractivity contribution < 1.29 is 24.2 Å². The van der Waals surface area contributed by atoms with Gasteiger partial charge in [0.15, 0.2) is 0 Å². The van der Waals surface area contributed by atoms with Crippen LogP contribution in [-0.2, 0) is 14.3 Å². The second-order valence-electron chi connectivity index (χ2n) is 9.08. The summed E-state index contributed by atoms with van der Waals surface area (Å²) in [7, 11) is 0. The van der Waals surface area contributed by atoms with Crippen LogP contribution in [0, 0.1) is 11.8 Å². The van der Waals surface area contributed by atoms with E-state index in [4.69, 9.17) is 4.74 Å². The summed E-state index contributed by atoms with van der Waals surface area (Å²) in [6.07, 6.45) is -0.275. The summed E-state index contributed by atoms with van der Waals surface area (Å²) in [6, 6.07) is 14.7. The van der Waals surface area contributed by atoms with Gasteiger partial charge in [0.1, 0.15) is 12.6 Å². The lowest BCUT2D eigenvalue weighted by molar-refractivity contribution is -0.143. The van der Waals surface area contributed by atoms with Crippen LogP contribution < -0.4 is 10.6 Å². The Bertz CT molecular complexity index is 974. The first-order valence-electron chi connectivity index (χ1n) is 11.3. The highest BCUT2D eigenvalue weighted by atomic mass is 16.5. The van der Waals surface area contributed by atoms with E-state index in [0.29, 0.717) is 6.42 Å². The summed E-state index contributed by atoms with van der Waals surface area (Å²) in [5.41, 5.74) is 4.54. The van der Waals surface area contributed by atoms with Gasteiger partial charge < -0.3 is 20.5 Å². The third-order valence-electron chi connectivity index (χ3n) is 6.17. The van der Waals surface area contributed by atoms with Crippen molar-refractivity contribution in [2.45, 2.75) is 52.1 Å². The molecule has 2 aromatic carbocycles. The van der Waals surface area contributed by atoms with Crippen LogP contribution in [0.4, 0.5) is 4.79 Å². The fourth-order valence-corrected chi connectivity index (χ4v) is 4.17. The summed E-state index contributed by atoms with van der Waals surface area (Å²) in [6.45, 7) is 7.32. The first-order valence-corrected chi connectivity index (χ1v) is 11.3. The minimum Gasteiger partial charge on any atom is -0.480 e. The van der Waals surface area contributed by atoms with Gasteiger partial charge >= 0.3 is 12.1 Å². The Hall–Kier alpha value is -3.35. The molecule has 1 aliphatic carbocycles. The van der Waals surface area contributed by atoms with E-state index in [0.717, 1.165) is 22.3 Å². The number of aliphatic carboxylic acids is 1. The molecular formula is C26H32N2O5. The maximum absolute atomic E-state index is 12.5. The first kappa shape index (κ1) is 24.3. The summed E-state index contributed by atoms with van der Waals surface area (Å²) < 4.78 is 5.54. The van der Waals surface area contributed by atoms with Crippen LogP contribution >= 0.6 is 0 Å². The molecule has 176 valence electrons. The van der Waals surface area contributed by atoms with Crippen molar-refractivity contribution in [1.29, 1.82) is 0 Å². The van der Waals surface area contributed by atoms with E-state index in [1.807, 2.05) is 50.2 Å². The number of hydrogen-bond acceptors (Lipinski definition) is 4. The zero-order valence-electron chi connectivity index (χ0n) is 19.5. The number of benzene rings is 2. The molecule has 2 amide bonds. The van der Waals surface area contributed by atoms with E-state index in [-0.39, 0.29) is 18.4 Å². The van der Waals surface area contributed by atoms with Gasteiger partial charge in [-0.2, -0.15) is 0 Å². The van der Waals surface area contributed by atoms with Crippen LogP contribution in [0.25, 0.3) is 11.1 Å². The van der Waals surface area contributed by atoms with E-state index in [1.165, 1.54) is 0 Å². The van der Waals surface area contributed by atoms with E-state index in [2.05, 4.69) is 22.8 Å². The fraction of sp³-hybridized carbons (Fsp3) is 0.423. The van der Waals surface area contributed by atoms with Gasteiger partial charge in [-0.15, -0.1) is 0 Å². The standard InChI is InChI=1S/C26H32N2O5/c1-15(2)13-23(25(30)31)28-24(29)16(3)17(4)27-26(32)33-14-22-20-11-7-5-9-18(20)19-10-6-8-12-21(19)22/h5-12,15-17,22-23H,13-14H2,1-4H3,(H,27,32)(H,28,29)(H,30,31). The zero-order valence-corrected chi connectivity index (χ0v) is 19.5. The molecule has 3 rings (SSSR count). The van der Waals surface area contributed by atoms with Gasteiger partial charge in [-0.1, -0.05) is 69.3 Å². The lowest BCUT2D eigenvalue weighted by Crippen LogP contribution is -2.49. The minimum absolute atomic E-state index is 0.0495. The maximum atomic E-state index is 12.5. The minimum atomic E-state index is -1.07. The van der Waals surface area contributed by atoms with Gasteiger partial charge in [0.05, 0.1) is 5.92 Å². The quantitative estimate of drug-likeness (QED) is 0.530. The van der Waals surface area contributed by atoms with Crippen LogP contribution in [-0.4, -0.2) is 41.8 Å². The number of carbonyl (C=O) groups excluding carboxylic acids is 2. The molecule has 0 aromatic heterocycles. The molecule has 7 heteroatoms. The maximum Gasteiger partial charge on any atom is 0.407 e. The van der Waals surface area contributed by atoms with E-state index in [1.54, 1.807) is 13.8 Å². The number of alkyl carbamates (subject to hydrolysis) is 1. The number of fused-ring (bicyclic) bond motifs is 3. The number of carboxylic acids is 1. The van der Waals surface area contributed by atoms with Crippen molar-refractivity contribution in [2.24, 2.45) is 11.8 Å². The predicted octanol–water partition coefficient (Wildman–Crippen LogP) is 4.17. The van der Waals surface area contributed by atoms with Gasteiger partial charge in [0.25, 0.3) is 0 Å². The van der Waals surface area contributed by atoms with E-state index in [9.17, 15) is 19.5 Å². The molecular weight excluding hydrogens is 420 g/mol. The summed E-state index contributed by atoms with van der Waals surface area (Å²) in [5, 5.41) is 14.6. The van der Waals surface area contributed by atoms with Crippen molar-refractivity contribution in [3.8, 4) is 11.1 Å². The lowest BCUT2D eigenvalue weighted by atomic mass is 9.98. The average molecular weight is 453 g/mol. The van der Waals surface area contributed by atoms with Crippen molar-refractivity contribution in [1.82, 2.24) is 10.6 Å². The Morgan fingerprint density at radius 2 is 1.45 bits per heavy atom. The van der Waals surface area contributed by atoms with Crippen LogP contribution in [0.3, 0.4) is 0 Å². The Morgan fingerprint density at radius 1 is 0.909 bits per heavy atom. The molecule has 3 N–H and O–H groups in total. The van der Waals surface area contributed by atoms with Crippen molar-refractivity contribution in [3.63, 3.8) is 0 Å². The summed E-state index contributed by atoms with van der Waals surface area (Å²) in [4.78, 5) is 36.4. The molecule has 0 spiro atoms. The Morgan fingerprint density at radius 3 is 1.97 bits per heavy atom. The SMILES string of the molecule is CC(C)CC(NC(=O)C(C)C(C)NC(=O)OCC1c2ccccc2-c2ccccc21)C(=O)O. The average Bonchev–Trinajstić information content (AvgIpc) is 3.10. The van der Waals surface area contributed by atoms with Gasteiger partial charge in [-0.25, -0.2) is 9.59 Å². The number of carboxylic acid groups (broad SMARTS) is 1. The van der Waals surface area contributed by atoms with Gasteiger partial charge in [-0.05, 0) is 41.5 Å². The normalized spacial score (nSPS) is 15.2. The Kier molecular flexibility index (Phi) is 7.74. The van der Waals surface area contributed by atoms with Crippen LogP contribution in [0.5, 0.6) is 0 Å². The van der Waals surface area contributed by atoms with E-state index < -0.39 is 36.0 Å². The highest BCUT2D eigenvalue weighted by Gasteiger charge is 2.30. The third kappa shape index (κ3) is 5.72. The van der Waals surface area contributed by atoms with Crippen LogP contribution in [0.2, 0.25) is 0 Å². The van der Waals surface area contributed by atoms with Gasteiger partial charge in [-0.3, -0.25) is 4.79 Å². The van der Waals surface area contributed by atoms with E-state index >= 15 is 0 Å². The molecule has 0 radical (unpaired) electrons. The molecule has 3 unspecified atom stereocenters. The van der Waals surface area contributed by atoms with Gasteiger partial charge in [0.2, 0.25) is 5.91 Å². The second-order valence-corrected chi connectivity index (χ2v) is 9.08. The monoisotopic (exact) mass is 452 g/mol. The molecule has 0 fully saturated rings. The van der Waals surface area contributed by atoms with Crippen LogP contribution in [0.15, 0.2) is 48.5 Å². The zero-order chi connectivity index (χ0) is 24.1. The predicted molar refractivity (Wildman–Crippen MR) is 126 cm³/mol. The lowest BCUT2D eigenvalue weighted by Gasteiger charge is -2.24. The highest BCUT2D eigenvalue weighted by molar-refractivity contribution is 5.85. The number of amides is 2. The molecule has 0 saturated carbocycles. The molecule has 7 nitrogen and oxygen atoms in total. The van der Waals surface area contributed by atoms with Crippen molar-refractivity contribution in [2.75, 3.05) is 6.61 Å². The first-order chi connectivity index (χ1) is 15.7. The molecule has 0 heterocycles. The number of ether oxygens (including phenoxy) is 1. The molecule has 0 aliphatic heterocycles. The summed E-state index contributed by atoms with van der Waals surface area (Å²) >= 11 is 0. The Balaban J connectivity index is 1.56. The third-order valence-corrected chi connectivity index (χ3v) is 6.17. The Labute approximate surface area is 194 Å². The molecule has 33 heavy (non-hydrogen) atoms. The second kappa shape index (κ2) is 10.5. The smallest absolute Gasteiger partial charge is 0.407 e. The fourth-order valence-electron chi connectivity index (χ4n) is 4.17. The highest BCUT2D eigenvalue weighted by Crippen LogP contribution is 2.44. The molecule has 0 saturated heterocycles. The van der Waals surface area contributed by atoms with Crippen molar-refractivity contribution in [3.05, 3.63) is 59.7 Å². The van der Waals surface area contributed by atoms with Crippen molar-refractivity contribution >= 4 is 18.0 Å². The van der Waals surface area contributed by atoms with Gasteiger partial charge in [0, 0.05) is 12.0 Å². The topological polar surface area (TPSA) is 105 Å². The largest absolute Gasteiger partial charge is 0.480 e. The number of carbonyl (C=O) groups is 3.